The SMILES string of the molecule is C=CCCCCCCCCC(=O)OC(CN1CCN(c2ccccn2)CC1)CN1C(=O)[C@H]2CCCC[C@H]2C1=O. The number of aromatic nitrogens is 1. The van der Waals surface area contributed by atoms with E-state index in [1.807, 2.05) is 30.5 Å². The number of rotatable bonds is 15. The van der Waals surface area contributed by atoms with Crippen molar-refractivity contribution < 1.29 is 19.1 Å². The van der Waals surface area contributed by atoms with Crippen LogP contribution in [0, 0.1) is 11.8 Å². The number of anilines is 1. The molecule has 0 N–H and O–H groups in total. The Morgan fingerprint density at radius 3 is 2.26 bits per heavy atom. The van der Waals surface area contributed by atoms with Crippen LogP contribution in [-0.4, -0.2) is 77.9 Å². The van der Waals surface area contributed by atoms with Crippen molar-refractivity contribution in [3.05, 3.63) is 37.1 Å². The summed E-state index contributed by atoms with van der Waals surface area (Å²) in [4.78, 5) is 49.5. The van der Waals surface area contributed by atoms with Crippen molar-refractivity contribution in [3.63, 3.8) is 0 Å². The van der Waals surface area contributed by atoms with Crippen molar-refractivity contribution in [2.45, 2.75) is 83.2 Å². The second-order valence-electron chi connectivity index (χ2n) is 11.3. The standard InChI is InChI=1S/C31H46N4O4/c1-2-3-4-5-6-7-8-9-17-29(36)39-25(24-35-30(37)26-14-10-11-15-27(26)31(35)38)23-33-19-21-34(22-20-33)28-16-12-13-18-32-28/h2,12-13,16,18,25-27H,1,3-11,14-15,17,19-24H2/t25?,26-,27+. The number of piperazine rings is 1. The predicted octanol–water partition coefficient (Wildman–Crippen LogP) is 4.60. The Kier molecular flexibility index (Phi) is 11.4. The van der Waals surface area contributed by atoms with Gasteiger partial charge in [-0.3, -0.25) is 24.2 Å². The number of pyridine rings is 1. The summed E-state index contributed by atoms with van der Waals surface area (Å²) in [6.07, 6.45) is 14.8. The Hall–Kier alpha value is -2.74. The summed E-state index contributed by atoms with van der Waals surface area (Å²) < 4.78 is 5.97. The average Bonchev–Trinajstić information content (AvgIpc) is 3.20. The van der Waals surface area contributed by atoms with Crippen LogP contribution in [0.4, 0.5) is 5.82 Å². The highest BCUT2D eigenvalue weighted by atomic mass is 16.5. The van der Waals surface area contributed by atoms with Crippen molar-refractivity contribution in [2.75, 3.05) is 44.2 Å². The topological polar surface area (TPSA) is 83.1 Å². The van der Waals surface area contributed by atoms with Crippen molar-refractivity contribution in [3.8, 4) is 0 Å². The number of carbonyl (C=O) groups is 3. The maximum Gasteiger partial charge on any atom is 0.306 e. The quantitative estimate of drug-likeness (QED) is 0.140. The Bertz CT molecular complexity index is 923. The lowest BCUT2D eigenvalue weighted by molar-refractivity contribution is -0.155. The highest BCUT2D eigenvalue weighted by Crippen LogP contribution is 2.38. The van der Waals surface area contributed by atoms with E-state index in [0.29, 0.717) is 13.0 Å². The number of nitrogens with zero attached hydrogens (tertiary/aromatic N) is 4. The van der Waals surface area contributed by atoms with Gasteiger partial charge in [-0.2, -0.15) is 0 Å². The molecule has 0 spiro atoms. The van der Waals surface area contributed by atoms with E-state index in [2.05, 4.69) is 21.4 Å². The second-order valence-corrected chi connectivity index (χ2v) is 11.3. The van der Waals surface area contributed by atoms with Crippen molar-refractivity contribution >= 4 is 23.6 Å². The molecule has 3 aliphatic rings. The van der Waals surface area contributed by atoms with Gasteiger partial charge in [0.25, 0.3) is 0 Å². The normalized spacial score (nSPS) is 22.6. The van der Waals surface area contributed by atoms with Gasteiger partial charge in [-0.05, 0) is 44.2 Å². The van der Waals surface area contributed by atoms with Crippen LogP contribution in [0.25, 0.3) is 0 Å². The maximum atomic E-state index is 13.1. The number of amides is 2. The lowest BCUT2D eigenvalue weighted by atomic mass is 9.81. The van der Waals surface area contributed by atoms with Crippen LogP contribution in [0.1, 0.15) is 77.0 Å². The minimum Gasteiger partial charge on any atom is -0.459 e. The zero-order chi connectivity index (χ0) is 27.5. The Balaban J connectivity index is 1.29. The second kappa shape index (κ2) is 15.2. The summed E-state index contributed by atoms with van der Waals surface area (Å²) in [6.45, 7) is 7.73. The van der Waals surface area contributed by atoms with E-state index in [9.17, 15) is 14.4 Å². The molecule has 3 atom stereocenters. The van der Waals surface area contributed by atoms with E-state index in [1.54, 1.807) is 0 Å². The number of ether oxygens (including phenoxy) is 1. The number of imide groups is 1. The van der Waals surface area contributed by atoms with Gasteiger partial charge >= 0.3 is 5.97 Å². The highest BCUT2D eigenvalue weighted by Gasteiger charge is 2.48. The molecule has 3 fully saturated rings. The predicted molar refractivity (Wildman–Crippen MR) is 152 cm³/mol. The molecular formula is C31H46N4O4. The summed E-state index contributed by atoms with van der Waals surface area (Å²) in [5, 5.41) is 0. The molecule has 2 saturated heterocycles. The number of carbonyl (C=O) groups excluding carboxylic acids is 3. The van der Waals surface area contributed by atoms with Gasteiger partial charge in [-0.15, -0.1) is 6.58 Å². The summed E-state index contributed by atoms with van der Waals surface area (Å²) in [7, 11) is 0. The number of fused-ring (bicyclic) bond motifs is 1. The molecule has 214 valence electrons. The zero-order valence-electron chi connectivity index (χ0n) is 23.5. The van der Waals surface area contributed by atoms with Gasteiger partial charge in [0, 0.05) is 45.3 Å². The number of esters is 1. The van der Waals surface area contributed by atoms with Crippen LogP contribution < -0.4 is 4.90 Å². The summed E-state index contributed by atoms with van der Waals surface area (Å²) in [5.74, 6) is 0.239. The Labute approximate surface area is 233 Å². The van der Waals surface area contributed by atoms with Crippen LogP contribution in [-0.2, 0) is 19.1 Å². The Morgan fingerprint density at radius 1 is 0.949 bits per heavy atom. The molecule has 1 aliphatic carbocycles. The number of allylic oxidation sites excluding steroid dienone is 1. The molecule has 3 heterocycles. The molecule has 4 rings (SSSR count). The monoisotopic (exact) mass is 538 g/mol. The van der Waals surface area contributed by atoms with E-state index in [-0.39, 0.29) is 36.2 Å². The van der Waals surface area contributed by atoms with Crippen molar-refractivity contribution in [1.82, 2.24) is 14.8 Å². The molecule has 1 aromatic rings. The third-order valence-electron chi connectivity index (χ3n) is 8.46. The number of likely N-dealkylation sites (tertiary alicyclic amines) is 1. The molecule has 8 nitrogen and oxygen atoms in total. The molecule has 2 aliphatic heterocycles. The molecule has 1 aromatic heterocycles. The summed E-state index contributed by atoms with van der Waals surface area (Å²) >= 11 is 0. The van der Waals surface area contributed by atoms with Gasteiger partial charge in [0.2, 0.25) is 11.8 Å². The van der Waals surface area contributed by atoms with Crippen LogP contribution in [0.5, 0.6) is 0 Å². The fourth-order valence-electron chi connectivity index (χ4n) is 6.25. The molecule has 8 heteroatoms. The number of hydrogen-bond acceptors (Lipinski definition) is 7. The minimum atomic E-state index is -0.508. The summed E-state index contributed by atoms with van der Waals surface area (Å²) in [6, 6.07) is 5.93. The fraction of sp³-hybridized carbons (Fsp3) is 0.677. The van der Waals surface area contributed by atoms with Gasteiger partial charge in [0.15, 0.2) is 0 Å². The highest BCUT2D eigenvalue weighted by molar-refractivity contribution is 6.05. The molecule has 39 heavy (non-hydrogen) atoms. The lowest BCUT2D eigenvalue weighted by Gasteiger charge is -2.37. The lowest BCUT2D eigenvalue weighted by Crippen LogP contribution is -2.51. The van der Waals surface area contributed by atoms with Gasteiger partial charge < -0.3 is 9.64 Å². The van der Waals surface area contributed by atoms with E-state index in [1.165, 1.54) is 24.2 Å². The first-order valence-electron chi connectivity index (χ1n) is 15.1. The zero-order valence-corrected chi connectivity index (χ0v) is 23.5. The van der Waals surface area contributed by atoms with Crippen molar-refractivity contribution in [2.24, 2.45) is 11.8 Å². The smallest absolute Gasteiger partial charge is 0.306 e. The first-order chi connectivity index (χ1) is 19.1. The average molecular weight is 539 g/mol. The maximum absolute atomic E-state index is 13.1. The van der Waals surface area contributed by atoms with Crippen LogP contribution in [0.3, 0.4) is 0 Å². The van der Waals surface area contributed by atoms with Crippen LogP contribution in [0.2, 0.25) is 0 Å². The minimum absolute atomic E-state index is 0.0674. The molecule has 0 bridgehead atoms. The van der Waals surface area contributed by atoms with Crippen molar-refractivity contribution in [1.29, 1.82) is 0 Å². The number of hydrogen-bond donors (Lipinski definition) is 0. The van der Waals surface area contributed by atoms with Gasteiger partial charge in [-0.1, -0.05) is 50.7 Å². The third-order valence-corrected chi connectivity index (χ3v) is 8.46. The third kappa shape index (κ3) is 8.37. The first kappa shape index (κ1) is 29.2. The fourth-order valence-corrected chi connectivity index (χ4v) is 6.25. The van der Waals surface area contributed by atoms with E-state index in [0.717, 1.165) is 83.4 Å². The first-order valence-corrected chi connectivity index (χ1v) is 15.1. The Morgan fingerprint density at radius 2 is 1.62 bits per heavy atom. The largest absolute Gasteiger partial charge is 0.459 e. The molecule has 2 amide bonds. The molecule has 1 saturated carbocycles. The summed E-state index contributed by atoms with van der Waals surface area (Å²) in [5.41, 5.74) is 0. The van der Waals surface area contributed by atoms with E-state index in [4.69, 9.17) is 4.74 Å². The van der Waals surface area contributed by atoms with E-state index >= 15 is 0 Å². The van der Waals surface area contributed by atoms with Gasteiger partial charge in [-0.25, -0.2) is 4.98 Å². The van der Waals surface area contributed by atoms with Gasteiger partial charge in [0.1, 0.15) is 11.9 Å². The molecule has 0 aromatic carbocycles. The molecule has 0 radical (unpaired) electrons. The van der Waals surface area contributed by atoms with Crippen LogP contribution >= 0.6 is 0 Å². The van der Waals surface area contributed by atoms with Crippen LogP contribution in [0.15, 0.2) is 37.1 Å². The van der Waals surface area contributed by atoms with E-state index < -0.39 is 6.10 Å². The molecule has 1 unspecified atom stereocenters. The number of unbranched alkanes of at least 4 members (excludes halogenated alkanes) is 6. The molecular weight excluding hydrogens is 492 g/mol. The van der Waals surface area contributed by atoms with Gasteiger partial charge in [0.05, 0.1) is 18.4 Å².